The number of H-pyrrole nitrogens is 1. The van der Waals surface area contributed by atoms with Crippen LogP contribution < -0.4 is 5.43 Å². The van der Waals surface area contributed by atoms with E-state index in [1.165, 1.54) is 0 Å². The van der Waals surface area contributed by atoms with Crippen molar-refractivity contribution in [3.05, 3.63) is 42.6 Å². The van der Waals surface area contributed by atoms with Gasteiger partial charge in [-0.2, -0.15) is 5.10 Å². The SMILES string of the molecule is C(=N\Nc1ccccn1)/c1cnc[nH]1. The van der Waals surface area contributed by atoms with E-state index in [1.54, 1.807) is 24.9 Å². The van der Waals surface area contributed by atoms with Crippen LogP contribution in [0.5, 0.6) is 0 Å². The molecule has 0 radical (unpaired) electrons. The van der Waals surface area contributed by atoms with E-state index in [0.29, 0.717) is 5.82 Å². The van der Waals surface area contributed by atoms with Gasteiger partial charge in [-0.3, -0.25) is 5.43 Å². The molecule has 2 heterocycles. The summed E-state index contributed by atoms with van der Waals surface area (Å²) in [5.74, 6) is 0.711. The molecule has 0 amide bonds. The Morgan fingerprint density at radius 3 is 3.14 bits per heavy atom. The normalized spacial score (nSPS) is 10.6. The van der Waals surface area contributed by atoms with Crippen LogP contribution in [0.1, 0.15) is 5.69 Å². The minimum absolute atomic E-state index is 0.711. The molecule has 0 spiro atoms. The lowest BCUT2D eigenvalue weighted by atomic mass is 10.5. The van der Waals surface area contributed by atoms with Gasteiger partial charge in [0.05, 0.1) is 24.4 Å². The van der Waals surface area contributed by atoms with E-state index in [-0.39, 0.29) is 0 Å². The number of nitrogens with one attached hydrogen (secondary N) is 2. The average molecular weight is 187 g/mol. The van der Waals surface area contributed by atoms with Crippen LogP contribution in [0.2, 0.25) is 0 Å². The van der Waals surface area contributed by atoms with Crippen LogP contribution in [0.25, 0.3) is 0 Å². The Bertz CT molecular complexity index is 392. The monoisotopic (exact) mass is 187 g/mol. The van der Waals surface area contributed by atoms with Gasteiger partial charge in [0, 0.05) is 6.20 Å². The second-order valence-corrected chi connectivity index (χ2v) is 2.59. The highest BCUT2D eigenvalue weighted by atomic mass is 15.3. The third-order valence-electron chi connectivity index (χ3n) is 1.57. The van der Waals surface area contributed by atoms with Gasteiger partial charge in [0.15, 0.2) is 0 Å². The number of hydrazone groups is 1. The van der Waals surface area contributed by atoms with Gasteiger partial charge in [0.1, 0.15) is 5.82 Å². The highest BCUT2D eigenvalue weighted by molar-refractivity contribution is 5.76. The Hall–Kier alpha value is -2.17. The lowest BCUT2D eigenvalue weighted by molar-refractivity contribution is 1.23. The highest BCUT2D eigenvalue weighted by Gasteiger charge is 1.87. The molecule has 0 unspecified atom stereocenters. The Labute approximate surface area is 80.9 Å². The van der Waals surface area contributed by atoms with E-state index in [4.69, 9.17) is 0 Å². The van der Waals surface area contributed by atoms with Crippen molar-refractivity contribution in [3.63, 3.8) is 0 Å². The fourth-order valence-electron chi connectivity index (χ4n) is 0.934. The third kappa shape index (κ3) is 2.16. The first-order valence-corrected chi connectivity index (χ1v) is 4.13. The summed E-state index contributed by atoms with van der Waals surface area (Å²) in [6.45, 7) is 0. The number of aromatic amines is 1. The number of imidazole rings is 1. The van der Waals surface area contributed by atoms with Gasteiger partial charge in [0.25, 0.3) is 0 Å². The summed E-state index contributed by atoms with van der Waals surface area (Å²) in [4.78, 5) is 10.8. The largest absolute Gasteiger partial charge is 0.344 e. The molecule has 0 bridgehead atoms. The number of pyridine rings is 1. The maximum atomic E-state index is 4.05. The van der Waals surface area contributed by atoms with Gasteiger partial charge >= 0.3 is 0 Å². The molecule has 0 aromatic carbocycles. The van der Waals surface area contributed by atoms with E-state index < -0.39 is 0 Å². The minimum atomic E-state index is 0.711. The molecule has 14 heavy (non-hydrogen) atoms. The molecule has 5 heteroatoms. The van der Waals surface area contributed by atoms with E-state index in [9.17, 15) is 0 Å². The smallest absolute Gasteiger partial charge is 0.146 e. The zero-order chi connectivity index (χ0) is 9.64. The van der Waals surface area contributed by atoms with Crippen molar-refractivity contribution in [2.45, 2.75) is 0 Å². The van der Waals surface area contributed by atoms with Gasteiger partial charge in [-0.25, -0.2) is 9.97 Å². The van der Waals surface area contributed by atoms with Crippen molar-refractivity contribution in [1.82, 2.24) is 15.0 Å². The molecule has 0 aliphatic carbocycles. The van der Waals surface area contributed by atoms with Crippen molar-refractivity contribution >= 4 is 12.0 Å². The number of rotatable bonds is 3. The molecule has 70 valence electrons. The van der Waals surface area contributed by atoms with Crippen LogP contribution in [-0.2, 0) is 0 Å². The molecule has 0 aliphatic heterocycles. The van der Waals surface area contributed by atoms with Crippen LogP contribution in [0.4, 0.5) is 5.82 Å². The fourth-order valence-corrected chi connectivity index (χ4v) is 0.934. The minimum Gasteiger partial charge on any atom is -0.344 e. The van der Waals surface area contributed by atoms with E-state index >= 15 is 0 Å². The summed E-state index contributed by atoms with van der Waals surface area (Å²) in [6, 6.07) is 5.58. The number of anilines is 1. The van der Waals surface area contributed by atoms with Crippen LogP contribution in [0, 0.1) is 0 Å². The lowest BCUT2D eigenvalue weighted by Gasteiger charge is -1.95. The lowest BCUT2D eigenvalue weighted by Crippen LogP contribution is -1.92. The van der Waals surface area contributed by atoms with Crippen LogP contribution >= 0.6 is 0 Å². The Morgan fingerprint density at radius 2 is 2.43 bits per heavy atom. The predicted molar refractivity (Wildman–Crippen MR) is 54.0 cm³/mol. The molecule has 2 rings (SSSR count). The van der Waals surface area contributed by atoms with Crippen molar-refractivity contribution in [1.29, 1.82) is 0 Å². The van der Waals surface area contributed by atoms with Crippen LogP contribution in [0.3, 0.4) is 0 Å². The Kier molecular flexibility index (Phi) is 2.51. The number of aromatic nitrogens is 3. The van der Waals surface area contributed by atoms with Gasteiger partial charge < -0.3 is 4.98 Å². The molecule has 0 aliphatic rings. The topological polar surface area (TPSA) is 66.0 Å². The van der Waals surface area contributed by atoms with Crippen LogP contribution in [-0.4, -0.2) is 21.2 Å². The first-order chi connectivity index (χ1) is 6.95. The van der Waals surface area contributed by atoms with Gasteiger partial charge in [-0.1, -0.05) is 6.07 Å². The van der Waals surface area contributed by atoms with E-state index in [2.05, 4.69) is 25.5 Å². The fraction of sp³-hybridized carbons (Fsp3) is 0. The summed E-state index contributed by atoms with van der Waals surface area (Å²) in [7, 11) is 0. The molecule has 2 N–H and O–H groups in total. The zero-order valence-electron chi connectivity index (χ0n) is 7.38. The average Bonchev–Trinajstić information content (AvgIpc) is 2.72. The molecule has 2 aromatic rings. The molecule has 5 nitrogen and oxygen atoms in total. The summed E-state index contributed by atoms with van der Waals surface area (Å²) < 4.78 is 0. The zero-order valence-corrected chi connectivity index (χ0v) is 7.38. The summed E-state index contributed by atoms with van der Waals surface area (Å²) in [6.07, 6.45) is 6.63. The second kappa shape index (κ2) is 4.18. The van der Waals surface area contributed by atoms with E-state index in [0.717, 1.165) is 5.69 Å². The number of hydrogen-bond donors (Lipinski definition) is 2. The molecule has 0 fully saturated rings. The van der Waals surface area contributed by atoms with Crippen molar-refractivity contribution in [2.24, 2.45) is 5.10 Å². The standard InChI is InChI=1S/C9H9N5/c1-2-4-11-9(3-1)14-13-6-8-5-10-7-12-8/h1-7H,(H,10,12)(H,11,14)/b13-6+. The molecule has 0 atom stereocenters. The quantitative estimate of drug-likeness (QED) is 0.561. The number of nitrogens with zero attached hydrogens (tertiary/aromatic N) is 3. The Morgan fingerprint density at radius 1 is 1.43 bits per heavy atom. The summed E-state index contributed by atoms with van der Waals surface area (Å²) >= 11 is 0. The summed E-state index contributed by atoms with van der Waals surface area (Å²) in [5.41, 5.74) is 3.63. The second-order valence-electron chi connectivity index (χ2n) is 2.59. The van der Waals surface area contributed by atoms with Crippen LogP contribution in [0.15, 0.2) is 42.0 Å². The van der Waals surface area contributed by atoms with Gasteiger partial charge in [-0.05, 0) is 12.1 Å². The molecule has 0 saturated heterocycles. The Balaban J connectivity index is 1.95. The van der Waals surface area contributed by atoms with Gasteiger partial charge in [-0.15, -0.1) is 0 Å². The maximum Gasteiger partial charge on any atom is 0.146 e. The summed E-state index contributed by atoms with van der Waals surface area (Å²) in [5, 5.41) is 3.98. The predicted octanol–water partition coefficient (Wildman–Crippen LogP) is 1.25. The van der Waals surface area contributed by atoms with Gasteiger partial charge in [0.2, 0.25) is 0 Å². The molecular formula is C9H9N5. The molecular weight excluding hydrogens is 178 g/mol. The maximum absolute atomic E-state index is 4.05. The highest BCUT2D eigenvalue weighted by Crippen LogP contribution is 1.98. The van der Waals surface area contributed by atoms with E-state index in [1.807, 2.05) is 18.2 Å². The van der Waals surface area contributed by atoms with Crippen molar-refractivity contribution in [2.75, 3.05) is 5.43 Å². The van der Waals surface area contributed by atoms with Crippen molar-refractivity contribution in [3.8, 4) is 0 Å². The first-order valence-electron chi connectivity index (χ1n) is 4.13. The van der Waals surface area contributed by atoms with Crippen molar-refractivity contribution < 1.29 is 0 Å². The molecule has 2 aromatic heterocycles. The third-order valence-corrected chi connectivity index (χ3v) is 1.57. The molecule has 0 saturated carbocycles. The first kappa shape index (κ1) is 8.43. The number of hydrogen-bond acceptors (Lipinski definition) is 4.